The predicted octanol–water partition coefficient (Wildman–Crippen LogP) is 3.70. The number of hydrogen-bond donors (Lipinski definition) is 0. The molecule has 3 aromatic heterocycles. The normalized spacial score (nSPS) is 17.9. The Morgan fingerprint density at radius 2 is 2.00 bits per heavy atom. The number of benzene rings is 1. The van der Waals surface area contributed by atoms with Crippen molar-refractivity contribution in [2.75, 3.05) is 31.6 Å². The number of nitrogens with zero attached hydrogens (tertiary/aromatic N) is 4. The Labute approximate surface area is 173 Å². The zero-order chi connectivity index (χ0) is 21.0. The zero-order valence-electron chi connectivity index (χ0n) is 17.2. The first-order valence-corrected chi connectivity index (χ1v) is 10.1. The predicted molar refractivity (Wildman–Crippen MR) is 116 cm³/mol. The molecule has 1 aliphatic rings. The van der Waals surface area contributed by atoms with Crippen molar-refractivity contribution in [3.8, 4) is 11.3 Å². The van der Waals surface area contributed by atoms with Crippen LogP contribution in [0, 0.1) is 12.7 Å². The summed E-state index contributed by atoms with van der Waals surface area (Å²) in [7, 11) is 2.13. The standard InChI is InChI=1S/C23H23FN4O2/c1-14-8-19(24)22-25-20(13-28(22)11-14)18-9-16-4-5-17(10-21(16)30-23(18)29)27-7-6-26(3)15(2)12-27/h4-5,8-11,13,15H,6-7,12H2,1-3H3/t15-/m0/s1. The summed E-state index contributed by atoms with van der Waals surface area (Å²) in [4.78, 5) is 21.7. The fourth-order valence-electron chi connectivity index (χ4n) is 4.08. The van der Waals surface area contributed by atoms with Crippen LogP contribution in [-0.2, 0) is 0 Å². The summed E-state index contributed by atoms with van der Waals surface area (Å²) >= 11 is 0. The van der Waals surface area contributed by atoms with E-state index in [-0.39, 0.29) is 5.65 Å². The van der Waals surface area contributed by atoms with Crippen LogP contribution in [0.25, 0.3) is 27.9 Å². The Morgan fingerprint density at radius 1 is 1.17 bits per heavy atom. The lowest BCUT2D eigenvalue weighted by molar-refractivity contribution is 0.234. The first-order chi connectivity index (χ1) is 14.4. The van der Waals surface area contributed by atoms with Crippen LogP contribution in [0.1, 0.15) is 12.5 Å². The monoisotopic (exact) mass is 406 g/mol. The van der Waals surface area contributed by atoms with Gasteiger partial charge in [-0.3, -0.25) is 0 Å². The maximum atomic E-state index is 14.2. The molecule has 1 saturated heterocycles. The number of aromatic nitrogens is 2. The van der Waals surface area contributed by atoms with E-state index >= 15 is 0 Å². The average molecular weight is 406 g/mol. The zero-order valence-corrected chi connectivity index (χ0v) is 17.2. The van der Waals surface area contributed by atoms with Crippen LogP contribution in [0.3, 0.4) is 0 Å². The summed E-state index contributed by atoms with van der Waals surface area (Å²) in [6.07, 6.45) is 3.43. The van der Waals surface area contributed by atoms with Crippen molar-refractivity contribution in [2.45, 2.75) is 19.9 Å². The van der Waals surface area contributed by atoms with E-state index in [2.05, 4.69) is 34.8 Å². The highest BCUT2D eigenvalue weighted by atomic mass is 19.1. The molecule has 0 spiro atoms. The Balaban J connectivity index is 1.55. The first kappa shape index (κ1) is 18.8. The largest absolute Gasteiger partial charge is 0.422 e. The van der Waals surface area contributed by atoms with Crippen molar-refractivity contribution in [3.05, 3.63) is 64.5 Å². The summed E-state index contributed by atoms with van der Waals surface area (Å²) in [5, 5.41) is 0.809. The van der Waals surface area contributed by atoms with Crippen molar-refractivity contribution in [3.63, 3.8) is 0 Å². The second kappa shape index (κ2) is 6.95. The van der Waals surface area contributed by atoms with E-state index in [0.717, 1.165) is 36.3 Å². The number of aryl methyl sites for hydroxylation is 1. The number of piperazine rings is 1. The molecule has 0 radical (unpaired) electrons. The molecule has 0 bridgehead atoms. The second-order valence-corrected chi connectivity index (χ2v) is 8.17. The number of hydrogen-bond acceptors (Lipinski definition) is 5. The third-order valence-electron chi connectivity index (χ3n) is 5.96. The van der Waals surface area contributed by atoms with E-state index in [1.807, 2.05) is 19.1 Å². The van der Waals surface area contributed by atoms with E-state index in [4.69, 9.17) is 4.42 Å². The molecule has 30 heavy (non-hydrogen) atoms. The maximum absolute atomic E-state index is 14.2. The van der Waals surface area contributed by atoms with Crippen molar-refractivity contribution in [2.24, 2.45) is 0 Å². The number of anilines is 1. The fraction of sp³-hybridized carbons (Fsp3) is 0.304. The van der Waals surface area contributed by atoms with Crippen molar-refractivity contribution in [1.29, 1.82) is 0 Å². The van der Waals surface area contributed by atoms with Crippen molar-refractivity contribution >= 4 is 22.3 Å². The van der Waals surface area contributed by atoms with Gasteiger partial charge in [0.25, 0.3) is 0 Å². The Morgan fingerprint density at radius 3 is 2.80 bits per heavy atom. The Hall–Kier alpha value is -3.19. The SMILES string of the molecule is Cc1cc(F)c2nc(-c3cc4ccc(N5CCN(C)[C@@H](C)C5)cc4oc3=O)cn2c1. The molecule has 1 atom stereocenters. The van der Waals surface area contributed by atoms with E-state index in [0.29, 0.717) is 22.9 Å². The molecular formula is C23H23FN4O2. The minimum Gasteiger partial charge on any atom is -0.422 e. The molecule has 1 aromatic carbocycles. The van der Waals surface area contributed by atoms with Gasteiger partial charge in [0.1, 0.15) is 5.58 Å². The lowest BCUT2D eigenvalue weighted by atomic mass is 10.1. The molecule has 0 saturated carbocycles. The van der Waals surface area contributed by atoms with Gasteiger partial charge < -0.3 is 18.6 Å². The number of imidazole rings is 1. The third-order valence-corrected chi connectivity index (χ3v) is 5.96. The van der Waals surface area contributed by atoms with Gasteiger partial charge in [0.05, 0.1) is 11.3 Å². The topological polar surface area (TPSA) is 54.0 Å². The molecular weight excluding hydrogens is 383 g/mol. The smallest absolute Gasteiger partial charge is 0.345 e. The molecule has 154 valence electrons. The number of rotatable bonds is 2. The minimum absolute atomic E-state index is 0.189. The molecule has 4 heterocycles. The molecule has 5 rings (SSSR count). The highest BCUT2D eigenvalue weighted by Crippen LogP contribution is 2.27. The molecule has 0 unspecified atom stereocenters. The van der Waals surface area contributed by atoms with E-state index in [1.54, 1.807) is 22.9 Å². The number of likely N-dealkylation sites (N-methyl/N-ethyl adjacent to an activating group) is 1. The third kappa shape index (κ3) is 3.15. The van der Waals surface area contributed by atoms with Gasteiger partial charge in [-0.2, -0.15) is 0 Å². The quantitative estimate of drug-likeness (QED) is 0.475. The highest BCUT2D eigenvalue weighted by Gasteiger charge is 2.21. The Bertz CT molecular complexity index is 1330. The van der Waals surface area contributed by atoms with Gasteiger partial charge in [0.15, 0.2) is 11.5 Å². The number of pyridine rings is 1. The summed E-state index contributed by atoms with van der Waals surface area (Å²) in [5.74, 6) is -0.419. The highest BCUT2D eigenvalue weighted by molar-refractivity contribution is 5.84. The summed E-state index contributed by atoms with van der Waals surface area (Å²) in [6, 6.07) is 9.59. The average Bonchev–Trinajstić information content (AvgIpc) is 3.13. The van der Waals surface area contributed by atoms with Gasteiger partial charge in [0.2, 0.25) is 0 Å². The lowest BCUT2D eigenvalue weighted by Gasteiger charge is -2.39. The molecule has 0 amide bonds. The molecule has 1 aliphatic heterocycles. The minimum atomic E-state index is -0.480. The molecule has 6 nitrogen and oxygen atoms in total. The van der Waals surface area contributed by atoms with Gasteiger partial charge in [-0.15, -0.1) is 0 Å². The van der Waals surface area contributed by atoms with Crippen molar-refractivity contribution in [1.82, 2.24) is 14.3 Å². The summed E-state index contributed by atoms with van der Waals surface area (Å²) in [5.41, 5.74) is 2.79. The molecule has 1 fully saturated rings. The lowest BCUT2D eigenvalue weighted by Crippen LogP contribution is -2.50. The van der Waals surface area contributed by atoms with Gasteiger partial charge >= 0.3 is 5.63 Å². The second-order valence-electron chi connectivity index (χ2n) is 8.17. The molecule has 0 aliphatic carbocycles. The van der Waals surface area contributed by atoms with Crippen LogP contribution in [0.5, 0.6) is 0 Å². The number of halogens is 1. The Kier molecular flexibility index (Phi) is 4.36. The van der Waals surface area contributed by atoms with E-state index < -0.39 is 11.4 Å². The van der Waals surface area contributed by atoms with E-state index in [9.17, 15) is 9.18 Å². The van der Waals surface area contributed by atoms with Crippen molar-refractivity contribution < 1.29 is 8.81 Å². The van der Waals surface area contributed by atoms with Crippen LogP contribution >= 0.6 is 0 Å². The van der Waals surface area contributed by atoms with E-state index in [1.165, 1.54) is 6.07 Å². The van der Waals surface area contributed by atoms with Crippen LogP contribution in [-0.4, -0.2) is 47.0 Å². The molecule has 7 heteroatoms. The van der Waals surface area contributed by atoms with Crippen LogP contribution < -0.4 is 10.5 Å². The van der Waals surface area contributed by atoms with Gasteiger partial charge in [-0.1, -0.05) is 0 Å². The summed E-state index contributed by atoms with van der Waals surface area (Å²) in [6.45, 7) is 6.87. The first-order valence-electron chi connectivity index (χ1n) is 10.1. The van der Waals surface area contributed by atoms with Crippen LogP contribution in [0.4, 0.5) is 10.1 Å². The number of fused-ring (bicyclic) bond motifs is 2. The van der Waals surface area contributed by atoms with Gasteiger partial charge in [-0.05, 0) is 50.7 Å². The van der Waals surface area contributed by atoms with Crippen LogP contribution in [0.15, 0.2) is 51.9 Å². The maximum Gasteiger partial charge on any atom is 0.345 e. The van der Waals surface area contributed by atoms with Crippen LogP contribution in [0.2, 0.25) is 0 Å². The fourth-order valence-corrected chi connectivity index (χ4v) is 4.08. The van der Waals surface area contributed by atoms with Gasteiger partial charge in [-0.25, -0.2) is 14.2 Å². The summed E-state index contributed by atoms with van der Waals surface area (Å²) < 4.78 is 21.4. The molecule has 4 aromatic rings. The molecule has 0 N–H and O–H groups in total. The van der Waals surface area contributed by atoms with Gasteiger partial charge in [0, 0.05) is 55.2 Å².